The quantitative estimate of drug-likeness (QED) is 0.381. The highest BCUT2D eigenvalue weighted by molar-refractivity contribution is 14.2. The van der Waals surface area contributed by atoms with Gasteiger partial charge in [0.25, 0.3) is 0 Å². The molecule has 0 amide bonds. The number of fused-ring (bicyclic) bond motifs is 1. The van der Waals surface area contributed by atoms with Crippen LogP contribution in [0.3, 0.4) is 0 Å². The molecule has 2 aromatic rings. The number of esters is 1. The van der Waals surface area contributed by atoms with Crippen molar-refractivity contribution in [1.29, 1.82) is 0 Å². The van der Waals surface area contributed by atoms with Gasteiger partial charge in [0.15, 0.2) is 5.65 Å². The van der Waals surface area contributed by atoms with Crippen molar-refractivity contribution in [3.8, 4) is 0 Å². The fraction of sp³-hybridized carbons (Fsp3) is 0.556. The van der Waals surface area contributed by atoms with Gasteiger partial charge in [-0.15, -0.1) is 0 Å². The van der Waals surface area contributed by atoms with E-state index < -0.39 is 16.0 Å². The van der Waals surface area contributed by atoms with Crippen LogP contribution in [0.4, 0.5) is 5.69 Å². The zero-order valence-corrected chi connectivity index (χ0v) is 20.1. The highest BCUT2D eigenvalue weighted by atomic mass is 127. The van der Waals surface area contributed by atoms with E-state index >= 15 is 0 Å². The summed E-state index contributed by atoms with van der Waals surface area (Å²) in [4.78, 5) is 16.9. The van der Waals surface area contributed by atoms with Gasteiger partial charge in [-0.1, -0.05) is 0 Å². The molecule has 160 valence electrons. The molecule has 8 nitrogen and oxygen atoms in total. The van der Waals surface area contributed by atoms with Crippen molar-refractivity contribution in [2.24, 2.45) is 5.92 Å². The first-order chi connectivity index (χ1) is 13.9. The maximum Gasteiger partial charge on any atom is 0.341 e. The molecular weight excluding hydrogens is 527 g/mol. The van der Waals surface area contributed by atoms with E-state index in [-0.39, 0.29) is 17.7 Å². The lowest BCUT2D eigenvalue weighted by molar-refractivity contribution is 0.0527. The Balaban J connectivity index is 1.81. The topological polar surface area (TPSA) is 102 Å². The highest BCUT2D eigenvalue weighted by Gasteiger charge is 2.27. The maximum atomic E-state index is 12.5. The zero-order chi connectivity index (χ0) is 21.0. The van der Waals surface area contributed by atoms with Gasteiger partial charge < -0.3 is 10.1 Å². The number of carbonyl (C=O) groups is 1. The van der Waals surface area contributed by atoms with Crippen LogP contribution < -0.4 is 10.0 Å². The second-order valence-corrected chi connectivity index (χ2v) is 10.7. The second-order valence-electron chi connectivity index (χ2n) is 7.06. The van der Waals surface area contributed by atoms with Crippen LogP contribution in [0.2, 0.25) is 0 Å². The molecule has 29 heavy (non-hydrogen) atoms. The van der Waals surface area contributed by atoms with Crippen LogP contribution in [0.15, 0.2) is 18.5 Å². The number of hydrogen-bond donors (Lipinski definition) is 2. The number of pyridine rings is 1. The third kappa shape index (κ3) is 5.36. The van der Waals surface area contributed by atoms with Crippen molar-refractivity contribution in [1.82, 2.24) is 13.7 Å². The minimum Gasteiger partial charge on any atom is -0.462 e. The summed E-state index contributed by atoms with van der Waals surface area (Å²) in [5, 5.41) is 4.41. The number of aromatic nitrogens is 2. The Morgan fingerprint density at radius 1 is 1.38 bits per heavy atom. The van der Waals surface area contributed by atoms with E-state index in [1.165, 1.54) is 16.2 Å². The lowest BCUT2D eigenvalue weighted by atomic mass is 9.87. The summed E-state index contributed by atoms with van der Waals surface area (Å²) < 4.78 is 33.2. The Labute approximate surface area is 187 Å². The largest absolute Gasteiger partial charge is 0.462 e. The van der Waals surface area contributed by atoms with Gasteiger partial charge in [0.2, 0.25) is 10.0 Å². The molecule has 0 atom stereocenters. The predicted octanol–water partition coefficient (Wildman–Crippen LogP) is 3.58. The van der Waals surface area contributed by atoms with Crippen molar-refractivity contribution >= 4 is 63.0 Å². The number of carbonyl (C=O) groups excluding carboxylic acids is 1. The molecule has 0 unspecified atom stereocenters. The van der Waals surface area contributed by atoms with Crippen molar-refractivity contribution in [2.45, 2.75) is 38.6 Å². The molecule has 11 heteroatoms. The molecule has 0 bridgehead atoms. The molecule has 1 aliphatic rings. The molecule has 0 radical (unpaired) electrons. The van der Waals surface area contributed by atoms with Crippen LogP contribution in [0.5, 0.6) is 0 Å². The van der Waals surface area contributed by atoms with E-state index in [0.29, 0.717) is 12.2 Å². The Morgan fingerprint density at radius 2 is 2.10 bits per heavy atom. The normalized spacial score (nSPS) is 20.0. The molecule has 3 rings (SSSR count). The van der Waals surface area contributed by atoms with Crippen LogP contribution in [-0.2, 0) is 14.8 Å². The number of nitrogens with zero attached hydrogens (tertiary/aromatic N) is 2. The molecule has 0 spiro atoms. The summed E-state index contributed by atoms with van der Waals surface area (Å²) in [6, 6.07) is 2.11. The summed E-state index contributed by atoms with van der Waals surface area (Å²) >= 11 is 2.19. The zero-order valence-electron chi connectivity index (χ0n) is 16.4. The summed E-state index contributed by atoms with van der Waals surface area (Å²) in [7, 11) is -0.232. The minimum absolute atomic E-state index is 0.156. The number of ether oxygens (including phenoxy) is 1. The SMILES string of the molecule is CCOC(=O)c1cnc2c(ccn2SI)c1N[C@H]1CC[C@H](CS(=O)(=O)NC)CC1. The van der Waals surface area contributed by atoms with Crippen molar-refractivity contribution < 1.29 is 17.9 Å². The first kappa shape index (κ1) is 22.6. The molecule has 1 aliphatic carbocycles. The Hall–Kier alpha value is -1.05. The van der Waals surface area contributed by atoms with Crippen LogP contribution in [0.25, 0.3) is 11.0 Å². The number of rotatable bonds is 8. The van der Waals surface area contributed by atoms with E-state index in [2.05, 4.69) is 36.2 Å². The first-order valence-electron chi connectivity index (χ1n) is 9.52. The molecular formula is C18H25IN4O4S2. The van der Waals surface area contributed by atoms with Gasteiger partial charge in [0.05, 0.1) is 18.0 Å². The average Bonchev–Trinajstić information content (AvgIpc) is 3.13. The number of sulfonamides is 1. The number of nitrogens with one attached hydrogen (secondary N) is 2. The summed E-state index contributed by atoms with van der Waals surface area (Å²) in [5.74, 6) is -0.0726. The Kier molecular flexibility index (Phi) is 7.68. The van der Waals surface area contributed by atoms with Crippen molar-refractivity contribution in [3.05, 3.63) is 24.0 Å². The smallest absolute Gasteiger partial charge is 0.341 e. The van der Waals surface area contributed by atoms with Crippen molar-refractivity contribution in [3.63, 3.8) is 0 Å². The lowest BCUT2D eigenvalue weighted by Gasteiger charge is -2.30. The fourth-order valence-electron chi connectivity index (χ4n) is 3.71. The Morgan fingerprint density at radius 3 is 2.72 bits per heavy atom. The summed E-state index contributed by atoms with van der Waals surface area (Å²) in [6.45, 7) is 2.08. The van der Waals surface area contributed by atoms with Crippen LogP contribution >= 0.6 is 30.3 Å². The summed E-state index contributed by atoms with van der Waals surface area (Å²) in [6.07, 6.45) is 6.83. The van der Waals surface area contributed by atoms with Gasteiger partial charge in [0.1, 0.15) is 5.56 Å². The number of anilines is 1. The molecule has 2 aromatic heterocycles. The van der Waals surface area contributed by atoms with E-state index in [1.807, 2.05) is 16.2 Å². The van der Waals surface area contributed by atoms with Crippen LogP contribution in [0.1, 0.15) is 43.0 Å². The minimum atomic E-state index is -3.19. The van der Waals surface area contributed by atoms with E-state index in [9.17, 15) is 13.2 Å². The third-order valence-corrected chi connectivity index (χ3v) is 8.46. The molecule has 0 saturated heterocycles. The van der Waals surface area contributed by atoms with Gasteiger partial charge in [-0.05, 0) is 51.6 Å². The van der Waals surface area contributed by atoms with Gasteiger partial charge in [-0.2, -0.15) is 0 Å². The van der Waals surface area contributed by atoms with Crippen molar-refractivity contribution in [2.75, 3.05) is 24.7 Å². The lowest BCUT2D eigenvalue weighted by Crippen LogP contribution is -2.32. The molecule has 1 fully saturated rings. The van der Waals surface area contributed by atoms with E-state index in [1.54, 1.807) is 13.1 Å². The van der Waals surface area contributed by atoms with Crippen LogP contribution in [-0.4, -0.2) is 48.8 Å². The maximum absolute atomic E-state index is 12.5. The Bertz CT molecular complexity index is 972. The van der Waals surface area contributed by atoms with Gasteiger partial charge in [0, 0.05) is 54.1 Å². The standard InChI is InChI=1S/C18H25IN4O4S2/c1-3-27-18(24)15-10-21-17-14(8-9-23(17)28-19)16(15)22-13-6-4-12(5-7-13)11-29(25,26)20-2/h8-10,12-13,20H,3-7,11H2,1-2H3,(H,21,22)/t12-,13-. The van der Waals surface area contributed by atoms with Gasteiger partial charge >= 0.3 is 5.97 Å². The highest BCUT2D eigenvalue weighted by Crippen LogP contribution is 2.34. The van der Waals surface area contributed by atoms with E-state index in [0.717, 1.165) is 42.4 Å². The second kappa shape index (κ2) is 9.84. The van der Waals surface area contributed by atoms with Gasteiger partial charge in [-0.3, -0.25) is 3.97 Å². The molecule has 0 aliphatic heterocycles. The van der Waals surface area contributed by atoms with Gasteiger partial charge in [-0.25, -0.2) is 22.9 Å². The summed E-state index contributed by atoms with van der Waals surface area (Å²) in [5.41, 5.74) is 1.95. The molecule has 2 N–H and O–H groups in total. The average molecular weight is 552 g/mol. The first-order valence-corrected chi connectivity index (χ1v) is 14.5. The predicted molar refractivity (Wildman–Crippen MR) is 125 cm³/mol. The third-order valence-electron chi connectivity index (χ3n) is 5.21. The molecule has 0 aromatic carbocycles. The monoisotopic (exact) mass is 552 g/mol. The molecule has 1 saturated carbocycles. The molecule has 2 heterocycles. The van der Waals surface area contributed by atoms with Crippen LogP contribution in [0, 0.1) is 5.92 Å². The fourth-order valence-corrected chi connectivity index (χ4v) is 6.10. The number of hydrogen-bond acceptors (Lipinski definition) is 7. The van der Waals surface area contributed by atoms with E-state index in [4.69, 9.17) is 4.74 Å². The number of halogens is 1.